The van der Waals surface area contributed by atoms with Gasteiger partial charge in [0.15, 0.2) is 0 Å². The number of carbonyl (C=O) groups is 1. The molecule has 4 heteroatoms. The summed E-state index contributed by atoms with van der Waals surface area (Å²) in [6, 6.07) is 5.32. The second-order valence-corrected chi connectivity index (χ2v) is 5.48. The van der Waals surface area contributed by atoms with Crippen molar-refractivity contribution in [2.75, 3.05) is 13.1 Å². The van der Waals surface area contributed by atoms with Crippen LogP contribution in [0, 0.1) is 12.8 Å². The molecule has 98 valence electrons. The Balaban J connectivity index is 2.16. The fourth-order valence-corrected chi connectivity index (χ4v) is 2.58. The molecule has 2 atom stereocenters. The predicted octanol–water partition coefficient (Wildman–Crippen LogP) is 2.49. The number of likely N-dealkylation sites (tertiary alicyclic amines) is 1. The molecule has 3 nitrogen and oxygen atoms in total. The number of benzene rings is 1. The van der Waals surface area contributed by atoms with Crippen LogP contribution in [0.2, 0.25) is 5.02 Å². The highest BCUT2D eigenvalue weighted by molar-refractivity contribution is 6.30. The highest BCUT2D eigenvalue weighted by atomic mass is 35.5. The van der Waals surface area contributed by atoms with Crippen molar-refractivity contribution in [2.45, 2.75) is 26.4 Å². The minimum absolute atomic E-state index is 0.0305. The van der Waals surface area contributed by atoms with Gasteiger partial charge in [-0.2, -0.15) is 0 Å². The standard InChI is InChI=1S/C14H18ClNO2/c1-9-7-11(15)3-4-12(9)14(18)16-6-5-13(17)10(2)8-16/h3-4,7,10,13,17H,5-6,8H2,1-2H3. The number of carbonyl (C=O) groups excluding carboxylic acids is 1. The molecule has 1 fully saturated rings. The molecular weight excluding hydrogens is 250 g/mol. The van der Waals surface area contributed by atoms with Crippen LogP contribution in [0.25, 0.3) is 0 Å². The second kappa shape index (κ2) is 5.29. The smallest absolute Gasteiger partial charge is 0.254 e. The molecule has 1 saturated heterocycles. The summed E-state index contributed by atoms with van der Waals surface area (Å²) in [5.74, 6) is 0.165. The molecule has 2 unspecified atom stereocenters. The quantitative estimate of drug-likeness (QED) is 0.849. The van der Waals surface area contributed by atoms with E-state index in [1.807, 2.05) is 18.7 Å². The topological polar surface area (TPSA) is 40.5 Å². The Morgan fingerprint density at radius 2 is 2.22 bits per heavy atom. The van der Waals surface area contributed by atoms with Crippen molar-refractivity contribution in [3.63, 3.8) is 0 Å². The maximum absolute atomic E-state index is 12.4. The lowest BCUT2D eigenvalue weighted by molar-refractivity contribution is 0.0297. The van der Waals surface area contributed by atoms with Crippen LogP contribution in [-0.4, -0.2) is 35.1 Å². The third-order valence-corrected chi connectivity index (χ3v) is 3.80. The Morgan fingerprint density at radius 1 is 1.50 bits per heavy atom. The number of amides is 1. The molecule has 0 aromatic heterocycles. The molecule has 1 aliphatic rings. The average molecular weight is 268 g/mol. The first-order valence-electron chi connectivity index (χ1n) is 6.22. The molecule has 0 spiro atoms. The van der Waals surface area contributed by atoms with Crippen LogP contribution in [-0.2, 0) is 0 Å². The van der Waals surface area contributed by atoms with Gasteiger partial charge in [-0.05, 0) is 43.0 Å². The molecule has 18 heavy (non-hydrogen) atoms. The maximum atomic E-state index is 12.4. The van der Waals surface area contributed by atoms with Gasteiger partial charge in [0.05, 0.1) is 6.10 Å². The molecule has 1 heterocycles. The Hall–Kier alpha value is -1.06. The Kier molecular flexibility index (Phi) is 3.93. The van der Waals surface area contributed by atoms with E-state index in [2.05, 4.69) is 0 Å². The summed E-state index contributed by atoms with van der Waals surface area (Å²) in [5, 5.41) is 10.3. The molecule has 0 saturated carbocycles. The predicted molar refractivity (Wildman–Crippen MR) is 71.9 cm³/mol. The number of piperidine rings is 1. The number of aliphatic hydroxyl groups is 1. The van der Waals surface area contributed by atoms with Crippen LogP contribution < -0.4 is 0 Å². The van der Waals surface area contributed by atoms with Gasteiger partial charge in [-0.25, -0.2) is 0 Å². The number of rotatable bonds is 1. The van der Waals surface area contributed by atoms with Crippen molar-refractivity contribution in [2.24, 2.45) is 5.92 Å². The number of halogens is 1. The molecule has 1 aliphatic heterocycles. The van der Waals surface area contributed by atoms with Crippen LogP contribution >= 0.6 is 11.6 Å². The number of hydrogen-bond acceptors (Lipinski definition) is 2. The fraction of sp³-hybridized carbons (Fsp3) is 0.500. The van der Waals surface area contributed by atoms with E-state index in [9.17, 15) is 9.90 Å². The van der Waals surface area contributed by atoms with Gasteiger partial charge >= 0.3 is 0 Å². The zero-order chi connectivity index (χ0) is 13.3. The monoisotopic (exact) mass is 267 g/mol. The normalized spacial score (nSPS) is 24.1. The van der Waals surface area contributed by atoms with Gasteiger partial charge < -0.3 is 10.0 Å². The van der Waals surface area contributed by atoms with E-state index in [0.717, 1.165) is 5.56 Å². The Bertz CT molecular complexity index is 461. The largest absolute Gasteiger partial charge is 0.393 e. The van der Waals surface area contributed by atoms with Crippen LogP contribution in [0.15, 0.2) is 18.2 Å². The van der Waals surface area contributed by atoms with Crippen molar-refractivity contribution in [3.8, 4) is 0 Å². The second-order valence-electron chi connectivity index (χ2n) is 5.04. The van der Waals surface area contributed by atoms with Gasteiger partial charge in [-0.3, -0.25) is 4.79 Å². The molecule has 0 radical (unpaired) electrons. The van der Waals surface area contributed by atoms with E-state index < -0.39 is 0 Å². The lowest BCUT2D eigenvalue weighted by Crippen LogP contribution is -2.45. The molecule has 1 N–H and O–H groups in total. The van der Waals surface area contributed by atoms with E-state index >= 15 is 0 Å². The first-order valence-corrected chi connectivity index (χ1v) is 6.60. The maximum Gasteiger partial charge on any atom is 0.254 e. The minimum Gasteiger partial charge on any atom is -0.393 e. The summed E-state index contributed by atoms with van der Waals surface area (Å²) in [6.45, 7) is 5.09. The first-order chi connectivity index (χ1) is 8.49. The third-order valence-electron chi connectivity index (χ3n) is 3.57. The Morgan fingerprint density at radius 3 is 2.83 bits per heavy atom. The van der Waals surface area contributed by atoms with E-state index in [4.69, 9.17) is 11.6 Å². The highest BCUT2D eigenvalue weighted by Gasteiger charge is 2.28. The van der Waals surface area contributed by atoms with Gasteiger partial charge in [0, 0.05) is 23.7 Å². The summed E-state index contributed by atoms with van der Waals surface area (Å²) in [7, 11) is 0. The summed E-state index contributed by atoms with van der Waals surface area (Å²) < 4.78 is 0. The van der Waals surface area contributed by atoms with Crippen LogP contribution in [0.5, 0.6) is 0 Å². The lowest BCUT2D eigenvalue weighted by atomic mass is 9.95. The first kappa shape index (κ1) is 13.4. The van der Waals surface area contributed by atoms with E-state index in [0.29, 0.717) is 30.1 Å². The van der Waals surface area contributed by atoms with Crippen molar-refractivity contribution in [3.05, 3.63) is 34.3 Å². The van der Waals surface area contributed by atoms with Gasteiger partial charge in [-0.1, -0.05) is 18.5 Å². The van der Waals surface area contributed by atoms with Crippen LogP contribution in [0.3, 0.4) is 0 Å². The van der Waals surface area contributed by atoms with Crippen molar-refractivity contribution in [1.82, 2.24) is 4.90 Å². The van der Waals surface area contributed by atoms with E-state index in [1.54, 1.807) is 18.2 Å². The number of aliphatic hydroxyl groups excluding tert-OH is 1. The Labute approximate surface area is 112 Å². The van der Waals surface area contributed by atoms with Crippen molar-refractivity contribution < 1.29 is 9.90 Å². The molecule has 1 aromatic carbocycles. The molecule has 2 rings (SSSR count). The van der Waals surface area contributed by atoms with Gasteiger partial charge in [0.25, 0.3) is 5.91 Å². The van der Waals surface area contributed by atoms with Gasteiger partial charge in [-0.15, -0.1) is 0 Å². The van der Waals surface area contributed by atoms with Gasteiger partial charge in [0.1, 0.15) is 0 Å². The molecule has 0 aliphatic carbocycles. The zero-order valence-corrected chi connectivity index (χ0v) is 11.4. The van der Waals surface area contributed by atoms with Gasteiger partial charge in [0.2, 0.25) is 0 Å². The number of nitrogens with zero attached hydrogens (tertiary/aromatic N) is 1. The number of hydrogen-bond donors (Lipinski definition) is 1. The molecular formula is C14H18ClNO2. The van der Waals surface area contributed by atoms with Crippen LogP contribution in [0.1, 0.15) is 29.3 Å². The van der Waals surface area contributed by atoms with Crippen LogP contribution in [0.4, 0.5) is 0 Å². The summed E-state index contributed by atoms with van der Waals surface area (Å²) in [4.78, 5) is 14.2. The summed E-state index contributed by atoms with van der Waals surface area (Å²) >= 11 is 5.89. The fourth-order valence-electron chi connectivity index (χ4n) is 2.36. The van der Waals surface area contributed by atoms with E-state index in [-0.39, 0.29) is 17.9 Å². The summed E-state index contributed by atoms with van der Waals surface area (Å²) in [6.07, 6.45) is 0.361. The van der Waals surface area contributed by atoms with Crippen molar-refractivity contribution in [1.29, 1.82) is 0 Å². The SMILES string of the molecule is Cc1cc(Cl)ccc1C(=O)N1CCC(O)C(C)C1. The molecule has 1 amide bonds. The molecule has 0 bridgehead atoms. The summed E-state index contributed by atoms with van der Waals surface area (Å²) in [5.41, 5.74) is 1.59. The van der Waals surface area contributed by atoms with E-state index in [1.165, 1.54) is 0 Å². The average Bonchev–Trinajstić information content (AvgIpc) is 2.32. The lowest BCUT2D eigenvalue weighted by Gasteiger charge is -2.34. The van der Waals surface area contributed by atoms with Crippen molar-refractivity contribution >= 4 is 17.5 Å². The number of aryl methyl sites for hydroxylation is 1. The zero-order valence-electron chi connectivity index (χ0n) is 10.7. The molecule has 1 aromatic rings. The minimum atomic E-state index is -0.291. The highest BCUT2D eigenvalue weighted by Crippen LogP contribution is 2.21. The third kappa shape index (κ3) is 2.68.